The maximum Gasteiger partial charge on any atom is 0.0707 e. The Morgan fingerprint density at radius 1 is 1.36 bits per heavy atom. The Labute approximate surface area is 86.8 Å². The van der Waals surface area contributed by atoms with Crippen LogP contribution in [0, 0.1) is 0 Å². The second-order valence-corrected chi connectivity index (χ2v) is 2.92. The second kappa shape index (κ2) is 7.10. The van der Waals surface area contributed by atoms with Gasteiger partial charge in [-0.25, -0.2) is 0 Å². The largest absolute Gasteiger partial charge is 0.380 e. The number of rotatable bonds is 6. The molecule has 0 heterocycles. The fourth-order valence-electron chi connectivity index (χ4n) is 0.992. The van der Waals surface area contributed by atoms with Gasteiger partial charge in [0.05, 0.1) is 6.61 Å². The van der Waals surface area contributed by atoms with Crippen molar-refractivity contribution in [2.75, 3.05) is 13.7 Å². The van der Waals surface area contributed by atoms with Gasteiger partial charge >= 0.3 is 0 Å². The van der Waals surface area contributed by atoms with E-state index >= 15 is 0 Å². The topological polar surface area (TPSA) is 9.23 Å². The molecule has 0 amide bonds. The summed E-state index contributed by atoms with van der Waals surface area (Å²) in [5.41, 5.74) is 2.83. The minimum absolute atomic E-state index is 0.533. The van der Waals surface area contributed by atoms with Crippen LogP contribution in [0.4, 0.5) is 0 Å². The number of ether oxygens (including phenoxy) is 1. The van der Waals surface area contributed by atoms with Crippen LogP contribution in [-0.4, -0.2) is 13.7 Å². The smallest absolute Gasteiger partial charge is 0.0707 e. The third kappa shape index (κ3) is 4.63. The maximum atomic E-state index is 4.97. The third-order valence-electron chi connectivity index (χ3n) is 1.65. The molecule has 0 aliphatic heterocycles. The van der Waals surface area contributed by atoms with Gasteiger partial charge in [-0.2, -0.15) is 0 Å². The predicted molar refractivity (Wildman–Crippen MR) is 63.3 cm³/mol. The fraction of sp³-hybridized carbons (Fsp3) is 0.231. The van der Waals surface area contributed by atoms with Crippen molar-refractivity contribution in [3.8, 4) is 0 Å². The molecule has 14 heavy (non-hydrogen) atoms. The van der Waals surface area contributed by atoms with Crippen molar-refractivity contribution >= 4 is 0 Å². The maximum absolute atomic E-state index is 4.97. The van der Waals surface area contributed by atoms with Crippen LogP contribution in [0.3, 0.4) is 0 Å². The third-order valence-corrected chi connectivity index (χ3v) is 1.65. The molecule has 1 heteroatoms. The molecular formula is C13H18O. The van der Waals surface area contributed by atoms with E-state index < -0.39 is 0 Å². The summed E-state index contributed by atoms with van der Waals surface area (Å²) in [6.07, 6.45) is 7.62. The number of allylic oxidation sites excluding steroid dienone is 5. The molecule has 0 atom stereocenters. The van der Waals surface area contributed by atoms with Gasteiger partial charge in [0, 0.05) is 7.11 Å². The lowest BCUT2D eigenvalue weighted by Crippen LogP contribution is -1.91. The van der Waals surface area contributed by atoms with E-state index in [4.69, 9.17) is 4.74 Å². The van der Waals surface area contributed by atoms with Crippen LogP contribution in [0.2, 0.25) is 0 Å². The molecule has 0 aliphatic rings. The molecule has 0 aromatic rings. The van der Waals surface area contributed by atoms with Gasteiger partial charge < -0.3 is 4.74 Å². The minimum Gasteiger partial charge on any atom is -0.380 e. The van der Waals surface area contributed by atoms with E-state index in [9.17, 15) is 0 Å². The molecule has 0 aromatic heterocycles. The van der Waals surface area contributed by atoms with Crippen LogP contribution in [0.25, 0.3) is 0 Å². The summed E-state index contributed by atoms with van der Waals surface area (Å²) in [5, 5.41) is 0. The van der Waals surface area contributed by atoms with Gasteiger partial charge in [0.25, 0.3) is 0 Å². The first-order chi connectivity index (χ1) is 6.65. The van der Waals surface area contributed by atoms with Gasteiger partial charge in [0.2, 0.25) is 0 Å². The molecule has 0 aliphatic carbocycles. The number of methoxy groups -OCH3 is 1. The molecule has 0 unspecified atom stereocenters. The van der Waals surface area contributed by atoms with Crippen LogP contribution in [0.15, 0.2) is 60.8 Å². The standard InChI is InChI=1S/C13H18O/c1-6-8-13(12(4)7-2)9-11(3)10-14-5/h6-9H,2-4,10H2,1,5H3/b8-6-,13-9-. The van der Waals surface area contributed by atoms with Crippen molar-refractivity contribution in [3.05, 3.63) is 60.8 Å². The summed E-state index contributed by atoms with van der Waals surface area (Å²) in [4.78, 5) is 0. The lowest BCUT2D eigenvalue weighted by molar-refractivity contribution is 0.228. The Morgan fingerprint density at radius 2 is 2.00 bits per heavy atom. The SMILES string of the molecule is C=CC(=C)C(/C=C\C)=C\C(=C)COC. The monoisotopic (exact) mass is 190 g/mol. The van der Waals surface area contributed by atoms with E-state index in [-0.39, 0.29) is 0 Å². The van der Waals surface area contributed by atoms with E-state index in [1.165, 1.54) is 0 Å². The van der Waals surface area contributed by atoms with Gasteiger partial charge in [0.15, 0.2) is 0 Å². The molecule has 0 rings (SSSR count). The van der Waals surface area contributed by atoms with Crippen LogP contribution >= 0.6 is 0 Å². The highest BCUT2D eigenvalue weighted by molar-refractivity contribution is 5.47. The molecular weight excluding hydrogens is 172 g/mol. The average molecular weight is 190 g/mol. The molecule has 0 aromatic carbocycles. The quantitative estimate of drug-likeness (QED) is 0.583. The van der Waals surface area contributed by atoms with E-state index in [0.29, 0.717) is 6.61 Å². The zero-order chi connectivity index (χ0) is 11.0. The minimum atomic E-state index is 0.533. The molecule has 0 saturated carbocycles. The summed E-state index contributed by atoms with van der Waals surface area (Å²) < 4.78 is 4.97. The van der Waals surface area contributed by atoms with Gasteiger partial charge in [-0.15, -0.1) is 0 Å². The molecule has 0 saturated heterocycles. The van der Waals surface area contributed by atoms with E-state index in [1.54, 1.807) is 13.2 Å². The van der Waals surface area contributed by atoms with Gasteiger partial charge in [-0.1, -0.05) is 38.0 Å². The lowest BCUT2D eigenvalue weighted by atomic mass is 10.0. The molecule has 0 radical (unpaired) electrons. The second-order valence-electron chi connectivity index (χ2n) is 2.92. The summed E-state index contributed by atoms with van der Waals surface area (Å²) in [7, 11) is 1.65. The van der Waals surface area contributed by atoms with Crippen LogP contribution < -0.4 is 0 Å². The van der Waals surface area contributed by atoms with E-state index in [0.717, 1.165) is 16.7 Å². The first kappa shape index (κ1) is 12.7. The number of hydrogen-bond donors (Lipinski definition) is 0. The first-order valence-electron chi connectivity index (χ1n) is 4.48. The van der Waals surface area contributed by atoms with E-state index in [2.05, 4.69) is 19.7 Å². The van der Waals surface area contributed by atoms with Crippen LogP contribution in [0.5, 0.6) is 0 Å². The van der Waals surface area contributed by atoms with Gasteiger partial charge in [-0.05, 0) is 29.7 Å². The summed E-state index contributed by atoms with van der Waals surface area (Å²) in [6, 6.07) is 0. The van der Waals surface area contributed by atoms with Crippen molar-refractivity contribution in [1.29, 1.82) is 0 Å². The summed E-state index contributed by atoms with van der Waals surface area (Å²) in [6.45, 7) is 13.9. The zero-order valence-corrected chi connectivity index (χ0v) is 9.05. The van der Waals surface area contributed by atoms with Gasteiger partial charge in [-0.3, -0.25) is 0 Å². The Hall–Kier alpha value is -1.34. The predicted octanol–water partition coefficient (Wildman–Crippen LogP) is 3.43. The number of hydrogen-bond acceptors (Lipinski definition) is 1. The van der Waals surface area contributed by atoms with E-state index in [1.807, 2.05) is 25.2 Å². The van der Waals surface area contributed by atoms with Crippen LogP contribution in [0.1, 0.15) is 6.92 Å². The highest BCUT2D eigenvalue weighted by Crippen LogP contribution is 2.13. The molecule has 0 fully saturated rings. The average Bonchev–Trinajstić information content (AvgIpc) is 2.16. The normalized spacial score (nSPS) is 11.7. The van der Waals surface area contributed by atoms with Gasteiger partial charge in [0.1, 0.15) is 0 Å². The Bertz CT molecular complexity index is 280. The van der Waals surface area contributed by atoms with Crippen molar-refractivity contribution in [1.82, 2.24) is 0 Å². The fourth-order valence-corrected chi connectivity index (χ4v) is 0.992. The summed E-state index contributed by atoms with van der Waals surface area (Å²) in [5.74, 6) is 0. The molecule has 1 nitrogen and oxygen atoms in total. The zero-order valence-electron chi connectivity index (χ0n) is 9.05. The molecule has 0 spiro atoms. The Balaban J connectivity index is 4.72. The highest BCUT2D eigenvalue weighted by atomic mass is 16.5. The van der Waals surface area contributed by atoms with Crippen molar-refractivity contribution in [2.45, 2.75) is 6.92 Å². The first-order valence-corrected chi connectivity index (χ1v) is 4.48. The van der Waals surface area contributed by atoms with Crippen molar-refractivity contribution in [2.24, 2.45) is 0 Å². The Morgan fingerprint density at radius 3 is 2.43 bits per heavy atom. The van der Waals surface area contributed by atoms with Crippen molar-refractivity contribution in [3.63, 3.8) is 0 Å². The molecule has 0 bridgehead atoms. The molecule has 76 valence electrons. The highest BCUT2D eigenvalue weighted by Gasteiger charge is 1.96. The Kier molecular flexibility index (Phi) is 6.42. The van der Waals surface area contributed by atoms with Crippen molar-refractivity contribution < 1.29 is 4.74 Å². The summed E-state index contributed by atoms with van der Waals surface area (Å²) >= 11 is 0. The lowest BCUT2D eigenvalue weighted by Gasteiger charge is -2.03. The molecule has 0 N–H and O–H groups in total. The van der Waals surface area contributed by atoms with Crippen LogP contribution in [-0.2, 0) is 4.74 Å².